The number of carboxylic acids is 1. The summed E-state index contributed by atoms with van der Waals surface area (Å²) in [7, 11) is 0. The number of benzene rings is 2. The van der Waals surface area contributed by atoms with Gasteiger partial charge >= 0.3 is 5.97 Å². The van der Waals surface area contributed by atoms with Crippen molar-refractivity contribution in [3.05, 3.63) is 53.6 Å². The average Bonchev–Trinajstić information content (AvgIpc) is 2.87. The molecule has 4 heteroatoms. The molecule has 0 aliphatic carbocycles. The largest absolute Gasteiger partial charge is 0.477 e. The molecule has 0 radical (unpaired) electrons. The van der Waals surface area contributed by atoms with Gasteiger partial charge in [0.1, 0.15) is 11.6 Å². The van der Waals surface area contributed by atoms with Crippen LogP contribution in [0.4, 0.5) is 0 Å². The number of para-hydroxylation sites is 2. The summed E-state index contributed by atoms with van der Waals surface area (Å²) in [4.78, 5) is 11.1. The number of aryl methyl sites for hydroxylation is 1. The van der Waals surface area contributed by atoms with Crippen molar-refractivity contribution < 1.29 is 9.90 Å². The molecule has 0 unspecified atom stereocenters. The number of hydrogen-bond donors (Lipinski definition) is 1. The van der Waals surface area contributed by atoms with Crippen LogP contribution in [0, 0.1) is 11.3 Å². The van der Waals surface area contributed by atoms with E-state index in [-0.39, 0.29) is 5.57 Å². The summed E-state index contributed by atoms with van der Waals surface area (Å²) in [6.07, 6.45) is 1.44. The number of rotatable bonds is 3. The molecule has 3 rings (SSSR count). The van der Waals surface area contributed by atoms with E-state index in [9.17, 15) is 4.79 Å². The number of nitriles is 1. The van der Waals surface area contributed by atoms with Crippen LogP contribution in [0.3, 0.4) is 0 Å². The van der Waals surface area contributed by atoms with E-state index < -0.39 is 5.97 Å². The van der Waals surface area contributed by atoms with E-state index in [1.165, 1.54) is 6.08 Å². The number of aromatic nitrogens is 1. The lowest BCUT2D eigenvalue weighted by Crippen LogP contribution is -1.99. The zero-order valence-electron chi connectivity index (χ0n) is 12.1. The van der Waals surface area contributed by atoms with Crippen LogP contribution in [-0.4, -0.2) is 15.6 Å². The van der Waals surface area contributed by atoms with Crippen LogP contribution in [0.15, 0.2) is 48.0 Å². The van der Waals surface area contributed by atoms with E-state index in [2.05, 4.69) is 23.6 Å². The van der Waals surface area contributed by atoms with Crippen molar-refractivity contribution >= 4 is 33.9 Å². The second-order valence-electron chi connectivity index (χ2n) is 4.98. The summed E-state index contributed by atoms with van der Waals surface area (Å²) in [5, 5.41) is 20.3. The van der Waals surface area contributed by atoms with Gasteiger partial charge in [-0.2, -0.15) is 5.26 Å². The lowest BCUT2D eigenvalue weighted by atomic mass is 10.1. The lowest BCUT2D eigenvalue weighted by Gasteiger charge is -2.06. The van der Waals surface area contributed by atoms with Crippen molar-refractivity contribution in [3.63, 3.8) is 0 Å². The Hall–Kier alpha value is -3.06. The summed E-state index contributed by atoms with van der Waals surface area (Å²) in [6.45, 7) is 2.82. The molecule has 3 aromatic rings. The standard InChI is InChI=1S/C18H14N2O2/c1-2-20-16-9-4-3-7-14(16)15-8-5-6-12(17(15)20)10-13(11-19)18(21)22/h3-10H,2H2,1H3,(H,21,22). The first-order chi connectivity index (χ1) is 10.7. The summed E-state index contributed by atoms with van der Waals surface area (Å²) in [5.74, 6) is -1.21. The van der Waals surface area contributed by atoms with Gasteiger partial charge in [0.25, 0.3) is 0 Å². The molecule has 0 fully saturated rings. The molecule has 22 heavy (non-hydrogen) atoms. The summed E-state index contributed by atoms with van der Waals surface area (Å²) < 4.78 is 2.15. The highest BCUT2D eigenvalue weighted by Crippen LogP contribution is 2.32. The molecular formula is C18H14N2O2. The van der Waals surface area contributed by atoms with Gasteiger partial charge in [-0.3, -0.25) is 0 Å². The Bertz CT molecular complexity index is 958. The Morgan fingerprint density at radius 1 is 1.23 bits per heavy atom. The van der Waals surface area contributed by atoms with Gasteiger partial charge in [-0.05, 0) is 19.1 Å². The number of carbonyl (C=O) groups is 1. The van der Waals surface area contributed by atoms with Crippen molar-refractivity contribution in [1.29, 1.82) is 5.26 Å². The average molecular weight is 290 g/mol. The quantitative estimate of drug-likeness (QED) is 0.589. The Balaban J connectivity index is 2.43. The third-order valence-corrected chi connectivity index (χ3v) is 3.79. The molecule has 1 heterocycles. The smallest absolute Gasteiger partial charge is 0.346 e. The van der Waals surface area contributed by atoms with Crippen molar-refractivity contribution in [2.45, 2.75) is 13.5 Å². The van der Waals surface area contributed by atoms with E-state index >= 15 is 0 Å². The summed E-state index contributed by atoms with van der Waals surface area (Å²) >= 11 is 0. The normalized spacial score (nSPS) is 11.7. The van der Waals surface area contributed by atoms with Gasteiger partial charge in [0.05, 0.1) is 5.52 Å². The first-order valence-electron chi connectivity index (χ1n) is 7.02. The second-order valence-corrected chi connectivity index (χ2v) is 4.98. The van der Waals surface area contributed by atoms with Crippen molar-refractivity contribution in [2.24, 2.45) is 0 Å². The van der Waals surface area contributed by atoms with Gasteiger partial charge in [-0.25, -0.2) is 4.79 Å². The second kappa shape index (κ2) is 5.38. The summed E-state index contributed by atoms with van der Waals surface area (Å²) in [6, 6.07) is 15.6. The molecule has 1 N–H and O–H groups in total. The molecule has 108 valence electrons. The number of fused-ring (bicyclic) bond motifs is 3. The van der Waals surface area contributed by atoms with Crippen LogP contribution in [0.5, 0.6) is 0 Å². The Morgan fingerprint density at radius 2 is 1.95 bits per heavy atom. The first kappa shape index (κ1) is 13.9. The fraction of sp³-hybridized carbons (Fsp3) is 0.111. The number of aliphatic carboxylic acids is 1. The monoisotopic (exact) mass is 290 g/mol. The molecule has 0 saturated carbocycles. The minimum Gasteiger partial charge on any atom is -0.477 e. The molecule has 0 aliphatic rings. The van der Waals surface area contributed by atoms with Crippen LogP contribution in [-0.2, 0) is 11.3 Å². The number of nitrogens with zero attached hydrogens (tertiary/aromatic N) is 2. The van der Waals surface area contributed by atoms with Gasteiger partial charge < -0.3 is 9.67 Å². The molecule has 1 aromatic heterocycles. The minimum absolute atomic E-state index is 0.264. The van der Waals surface area contributed by atoms with E-state index in [0.29, 0.717) is 0 Å². The van der Waals surface area contributed by atoms with Crippen molar-refractivity contribution in [1.82, 2.24) is 4.57 Å². The van der Waals surface area contributed by atoms with E-state index in [1.54, 1.807) is 6.07 Å². The predicted octanol–water partition coefficient (Wildman–Crippen LogP) is 3.81. The van der Waals surface area contributed by atoms with E-state index in [1.807, 2.05) is 30.3 Å². The van der Waals surface area contributed by atoms with E-state index in [4.69, 9.17) is 10.4 Å². The molecule has 0 atom stereocenters. The topological polar surface area (TPSA) is 66.0 Å². The maximum atomic E-state index is 11.1. The van der Waals surface area contributed by atoms with Crippen molar-refractivity contribution in [3.8, 4) is 6.07 Å². The maximum Gasteiger partial charge on any atom is 0.346 e. The van der Waals surface area contributed by atoms with Crippen molar-refractivity contribution in [2.75, 3.05) is 0 Å². The molecule has 0 spiro atoms. The Labute approximate surface area is 127 Å². The van der Waals surface area contributed by atoms with E-state index in [0.717, 1.165) is 33.9 Å². The van der Waals surface area contributed by atoms with Crippen LogP contribution in [0.1, 0.15) is 12.5 Å². The van der Waals surface area contributed by atoms with Gasteiger partial charge in [-0.1, -0.05) is 36.4 Å². The summed E-state index contributed by atoms with van der Waals surface area (Å²) in [5.41, 5.74) is 2.55. The zero-order chi connectivity index (χ0) is 15.7. The number of carboxylic acid groups (broad SMARTS) is 1. The van der Waals surface area contributed by atoms with Crippen LogP contribution in [0.25, 0.3) is 27.9 Å². The third-order valence-electron chi connectivity index (χ3n) is 3.79. The number of hydrogen-bond acceptors (Lipinski definition) is 2. The highest BCUT2D eigenvalue weighted by atomic mass is 16.4. The van der Waals surface area contributed by atoms with Crippen LogP contribution >= 0.6 is 0 Å². The molecule has 2 aromatic carbocycles. The van der Waals surface area contributed by atoms with Gasteiger partial charge in [-0.15, -0.1) is 0 Å². The first-order valence-corrected chi connectivity index (χ1v) is 7.02. The van der Waals surface area contributed by atoms with Gasteiger partial charge in [0.2, 0.25) is 0 Å². The molecule has 0 saturated heterocycles. The molecule has 4 nitrogen and oxygen atoms in total. The maximum absolute atomic E-state index is 11.1. The minimum atomic E-state index is -1.21. The zero-order valence-corrected chi connectivity index (χ0v) is 12.1. The predicted molar refractivity (Wildman–Crippen MR) is 86.3 cm³/mol. The SMILES string of the molecule is CCn1c2ccccc2c2cccc(C=C(C#N)C(=O)O)c21. The fourth-order valence-corrected chi connectivity index (χ4v) is 2.88. The highest BCUT2D eigenvalue weighted by molar-refractivity contribution is 6.11. The Morgan fingerprint density at radius 3 is 2.64 bits per heavy atom. The Kier molecular flexibility index (Phi) is 3.40. The molecular weight excluding hydrogens is 276 g/mol. The molecule has 0 amide bonds. The van der Waals surface area contributed by atoms with Crippen LogP contribution in [0.2, 0.25) is 0 Å². The van der Waals surface area contributed by atoms with Gasteiger partial charge in [0.15, 0.2) is 0 Å². The third kappa shape index (κ3) is 2.04. The highest BCUT2D eigenvalue weighted by Gasteiger charge is 2.13. The lowest BCUT2D eigenvalue weighted by molar-refractivity contribution is -0.132. The van der Waals surface area contributed by atoms with Crippen LogP contribution < -0.4 is 0 Å². The molecule has 0 aliphatic heterocycles. The fourth-order valence-electron chi connectivity index (χ4n) is 2.88. The molecule has 0 bridgehead atoms. The van der Waals surface area contributed by atoms with Gasteiger partial charge in [0, 0.05) is 28.4 Å².